The Balaban J connectivity index is 1.67. The van der Waals surface area contributed by atoms with Crippen LogP contribution in [0.4, 0.5) is 16.2 Å². The number of rotatable bonds is 4. The van der Waals surface area contributed by atoms with Gasteiger partial charge in [0.2, 0.25) is 5.91 Å². The number of methoxy groups -OCH3 is 1. The summed E-state index contributed by atoms with van der Waals surface area (Å²) in [5.41, 5.74) is 3.66. The fourth-order valence-corrected chi connectivity index (χ4v) is 3.18. The fraction of sp³-hybridized carbons (Fsp3) is 0.333. The van der Waals surface area contributed by atoms with Crippen LogP contribution in [-0.4, -0.2) is 30.5 Å². The van der Waals surface area contributed by atoms with Gasteiger partial charge in [0.1, 0.15) is 5.75 Å². The van der Waals surface area contributed by atoms with Crippen LogP contribution in [0.25, 0.3) is 0 Å². The third-order valence-corrected chi connectivity index (χ3v) is 4.61. The Labute approximate surface area is 159 Å². The van der Waals surface area contributed by atoms with Crippen LogP contribution in [0.2, 0.25) is 0 Å². The van der Waals surface area contributed by atoms with E-state index in [1.807, 2.05) is 49.1 Å². The van der Waals surface area contributed by atoms with Gasteiger partial charge in [-0.25, -0.2) is 4.79 Å². The topological polar surface area (TPSA) is 70.7 Å². The predicted octanol–water partition coefficient (Wildman–Crippen LogP) is 3.88. The fourth-order valence-electron chi connectivity index (χ4n) is 3.18. The lowest BCUT2D eigenvalue weighted by Crippen LogP contribution is -2.38. The summed E-state index contributed by atoms with van der Waals surface area (Å²) in [5, 5.41) is 5.64. The predicted molar refractivity (Wildman–Crippen MR) is 106 cm³/mol. The van der Waals surface area contributed by atoms with Crippen LogP contribution in [0.15, 0.2) is 42.5 Å². The van der Waals surface area contributed by atoms with Gasteiger partial charge in [-0.15, -0.1) is 0 Å². The molecule has 0 unspecified atom stereocenters. The molecule has 0 fully saturated rings. The summed E-state index contributed by atoms with van der Waals surface area (Å²) >= 11 is 0. The smallest absolute Gasteiger partial charge is 0.323 e. The van der Waals surface area contributed by atoms with Crippen LogP contribution in [0, 0.1) is 5.92 Å². The molecule has 0 saturated carbocycles. The normalized spacial score (nSPS) is 13.1. The molecule has 142 valence electrons. The molecule has 0 bridgehead atoms. The number of carbonyl (C=O) groups excluding carboxylic acids is 2. The highest BCUT2D eigenvalue weighted by atomic mass is 16.5. The molecule has 2 N–H and O–H groups in total. The average Bonchev–Trinajstić information content (AvgIpc) is 2.66. The molecule has 3 rings (SSSR count). The van der Waals surface area contributed by atoms with Gasteiger partial charge in [0, 0.05) is 36.4 Å². The van der Waals surface area contributed by atoms with E-state index in [0.29, 0.717) is 23.7 Å². The lowest BCUT2D eigenvalue weighted by atomic mass is 9.98. The molecule has 2 aromatic rings. The molecular weight excluding hydrogens is 342 g/mol. The van der Waals surface area contributed by atoms with E-state index in [2.05, 4.69) is 10.6 Å². The number of carbonyl (C=O) groups is 2. The number of nitrogens with zero attached hydrogens (tertiary/aromatic N) is 1. The lowest BCUT2D eigenvalue weighted by Gasteiger charge is -2.30. The summed E-state index contributed by atoms with van der Waals surface area (Å²) < 4.78 is 5.16. The molecule has 6 heteroatoms. The molecule has 1 heterocycles. The molecule has 27 heavy (non-hydrogen) atoms. The zero-order valence-corrected chi connectivity index (χ0v) is 15.9. The summed E-state index contributed by atoms with van der Waals surface area (Å²) in [6, 6.07) is 12.7. The summed E-state index contributed by atoms with van der Waals surface area (Å²) in [4.78, 5) is 26.4. The first-order chi connectivity index (χ1) is 13.0. The number of ether oxygens (including phenoxy) is 1. The van der Waals surface area contributed by atoms with Crippen molar-refractivity contribution >= 4 is 23.3 Å². The largest absolute Gasteiger partial charge is 0.497 e. The molecular formula is C21H25N3O3. The number of nitrogens with one attached hydrogen (secondary N) is 2. The van der Waals surface area contributed by atoms with E-state index in [9.17, 15) is 9.59 Å². The first-order valence-electron chi connectivity index (χ1n) is 9.09. The summed E-state index contributed by atoms with van der Waals surface area (Å²) in [6.45, 7) is 5.16. The van der Waals surface area contributed by atoms with Crippen molar-refractivity contribution < 1.29 is 14.3 Å². The first kappa shape index (κ1) is 18.8. The van der Waals surface area contributed by atoms with Crippen molar-refractivity contribution in [3.05, 3.63) is 53.6 Å². The highest BCUT2D eigenvalue weighted by Crippen LogP contribution is 2.24. The Bertz CT molecular complexity index is 848. The monoisotopic (exact) mass is 367 g/mol. The van der Waals surface area contributed by atoms with E-state index in [-0.39, 0.29) is 17.9 Å². The van der Waals surface area contributed by atoms with Crippen molar-refractivity contribution in [1.29, 1.82) is 0 Å². The minimum atomic E-state index is -0.325. The number of hydrogen-bond donors (Lipinski definition) is 2. The van der Waals surface area contributed by atoms with Crippen LogP contribution in [0.1, 0.15) is 25.0 Å². The van der Waals surface area contributed by atoms with Crippen molar-refractivity contribution in [3.8, 4) is 5.75 Å². The van der Waals surface area contributed by atoms with Crippen molar-refractivity contribution in [1.82, 2.24) is 4.90 Å². The highest BCUT2D eigenvalue weighted by Gasteiger charge is 2.22. The second-order valence-electron chi connectivity index (χ2n) is 6.96. The van der Waals surface area contributed by atoms with Gasteiger partial charge in [0.05, 0.1) is 7.11 Å². The molecule has 2 aromatic carbocycles. The van der Waals surface area contributed by atoms with Crippen LogP contribution in [0.3, 0.4) is 0 Å². The van der Waals surface area contributed by atoms with Crippen molar-refractivity contribution in [2.24, 2.45) is 5.92 Å². The second-order valence-corrected chi connectivity index (χ2v) is 6.96. The summed E-state index contributed by atoms with van der Waals surface area (Å²) in [7, 11) is 1.58. The molecule has 0 aromatic heterocycles. The molecule has 0 atom stereocenters. The van der Waals surface area contributed by atoms with Crippen LogP contribution < -0.4 is 15.4 Å². The maximum atomic E-state index is 12.3. The molecule has 0 radical (unpaired) electrons. The number of urea groups is 1. The quantitative estimate of drug-likeness (QED) is 0.861. The molecule has 1 aliphatic rings. The van der Waals surface area contributed by atoms with Crippen LogP contribution >= 0.6 is 0 Å². The molecule has 3 amide bonds. The SMILES string of the molecule is COc1cccc(NC(=O)Nc2ccc3c(c2)CN(C(=O)C(C)C)CC3)c1. The van der Waals surface area contributed by atoms with E-state index in [1.165, 1.54) is 5.56 Å². The lowest BCUT2D eigenvalue weighted by molar-refractivity contribution is -0.135. The van der Waals surface area contributed by atoms with Gasteiger partial charge in [-0.2, -0.15) is 0 Å². The number of hydrogen-bond acceptors (Lipinski definition) is 3. The standard InChI is InChI=1S/C21H25N3O3/c1-14(2)20(25)24-10-9-15-7-8-18(11-16(15)13-24)23-21(26)22-17-5-4-6-19(12-17)27-3/h4-8,11-12,14H,9-10,13H2,1-3H3,(H2,22,23,26). The van der Waals surface area contributed by atoms with Crippen molar-refractivity contribution in [2.45, 2.75) is 26.8 Å². The molecule has 0 aliphatic carbocycles. The summed E-state index contributed by atoms with van der Waals surface area (Å²) in [6.07, 6.45) is 0.837. The molecule has 0 spiro atoms. The molecule has 0 saturated heterocycles. The highest BCUT2D eigenvalue weighted by molar-refractivity contribution is 5.99. The molecule has 6 nitrogen and oxygen atoms in total. The molecule has 1 aliphatic heterocycles. The Hall–Kier alpha value is -3.02. The van der Waals surface area contributed by atoms with Gasteiger partial charge < -0.3 is 20.3 Å². The number of fused-ring (bicyclic) bond motifs is 1. The Morgan fingerprint density at radius 2 is 1.78 bits per heavy atom. The van der Waals surface area contributed by atoms with Gasteiger partial charge in [0.25, 0.3) is 0 Å². The third-order valence-electron chi connectivity index (χ3n) is 4.61. The van der Waals surface area contributed by atoms with Gasteiger partial charge in [-0.3, -0.25) is 4.79 Å². The van der Waals surface area contributed by atoms with Crippen LogP contribution in [-0.2, 0) is 17.8 Å². The van der Waals surface area contributed by atoms with E-state index >= 15 is 0 Å². The van der Waals surface area contributed by atoms with Crippen molar-refractivity contribution in [3.63, 3.8) is 0 Å². The van der Waals surface area contributed by atoms with E-state index in [0.717, 1.165) is 18.5 Å². The van der Waals surface area contributed by atoms with Gasteiger partial charge >= 0.3 is 6.03 Å². The number of benzene rings is 2. The van der Waals surface area contributed by atoms with Gasteiger partial charge in [0.15, 0.2) is 0 Å². The minimum Gasteiger partial charge on any atom is -0.497 e. The van der Waals surface area contributed by atoms with E-state index in [4.69, 9.17) is 4.74 Å². The Morgan fingerprint density at radius 1 is 1.04 bits per heavy atom. The Morgan fingerprint density at radius 3 is 2.48 bits per heavy atom. The van der Waals surface area contributed by atoms with E-state index in [1.54, 1.807) is 19.2 Å². The zero-order chi connectivity index (χ0) is 19.4. The van der Waals surface area contributed by atoms with E-state index < -0.39 is 0 Å². The summed E-state index contributed by atoms with van der Waals surface area (Å²) in [5.74, 6) is 0.827. The maximum Gasteiger partial charge on any atom is 0.323 e. The first-order valence-corrected chi connectivity index (χ1v) is 9.09. The minimum absolute atomic E-state index is 0.0125. The van der Waals surface area contributed by atoms with Gasteiger partial charge in [-0.1, -0.05) is 26.0 Å². The Kier molecular flexibility index (Phi) is 5.64. The second kappa shape index (κ2) is 8.12. The maximum absolute atomic E-state index is 12.3. The zero-order valence-electron chi connectivity index (χ0n) is 15.9. The number of amides is 3. The average molecular weight is 367 g/mol. The van der Waals surface area contributed by atoms with Crippen molar-refractivity contribution in [2.75, 3.05) is 24.3 Å². The van der Waals surface area contributed by atoms with Gasteiger partial charge in [-0.05, 0) is 41.8 Å². The van der Waals surface area contributed by atoms with Crippen LogP contribution in [0.5, 0.6) is 5.75 Å². The number of anilines is 2. The third kappa shape index (κ3) is 4.58.